The minimum Gasteiger partial charge on any atom is -0.333 e. The van der Waals surface area contributed by atoms with E-state index in [1.807, 2.05) is 18.2 Å². The summed E-state index contributed by atoms with van der Waals surface area (Å²) in [7, 11) is 7.18. The molecule has 0 fully saturated rings. The van der Waals surface area contributed by atoms with Crippen LogP contribution >= 0.6 is 0 Å². The molecule has 15 heavy (non-hydrogen) atoms. The van der Waals surface area contributed by atoms with Crippen LogP contribution in [-0.2, 0) is 6.42 Å². The Balaban J connectivity index is 0.000000531. The highest BCUT2D eigenvalue weighted by Crippen LogP contribution is 2.10. The fourth-order valence-electron chi connectivity index (χ4n) is 1.37. The van der Waals surface area contributed by atoms with Gasteiger partial charge in [-0.3, -0.25) is 4.98 Å². The van der Waals surface area contributed by atoms with Gasteiger partial charge in [-0.2, -0.15) is 0 Å². The first-order valence-corrected chi connectivity index (χ1v) is 5.02. The van der Waals surface area contributed by atoms with E-state index in [1.54, 1.807) is 0 Å². The summed E-state index contributed by atoms with van der Waals surface area (Å²) < 4.78 is 0. The zero-order valence-electron chi connectivity index (χ0n) is 9.20. The maximum absolute atomic E-state index is 5.68. The zero-order valence-corrected chi connectivity index (χ0v) is 9.20. The van der Waals surface area contributed by atoms with Gasteiger partial charge in [0.15, 0.2) is 0 Å². The van der Waals surface area contributed by atoms with Crippen molar-refractivity contribution in [1.29, 1.82) is 0 Å². The molecule has 1 heterocycles. The summed E-state index contributed by atoms with van der Waals surface area (Å²) >= 11 is 0. The summed E-state index contributed by atoms with van der Waals surface area (Å²) in [5, 5.41) is 1.14. The van der Waals surface area contributed by atoms with E-state index in [2.05, 4.69) is 29.8 Å². The van der Waals surface area contributed by atoms with Crippen LogP contribution in [0.4, 0.5) is 0 Å². The quantitative estimate of drug-likeness (QED) is 0.698. The van der Waals surface area contributed by atoms with Crippen LogP contribution in [0.1, 0.15) is 12.6 Å². The van der Waals surface area contributed by atoms with Crippen molar-refractivity contribution >= 4 is 24.2 Å². The Morgan fingerprint density at radius 2 is 1.87 bits per heavy atom. The number of nitrogens with zero attached hydrogens (tertiary/aromatic N) is 1. The highest BCUT2D eigenvalue weighted by molar-refractivity contribution is 6.33. The Labute approximate surface area is 91.9 Å². The van der Waals surface area contributed by atoms with Gasteiger partial charge in [0.2, 0.25) is 0 Å². The molecule has 0 saturated carbocycles. The topological polar surface area (TPSA) is 38.9 Å². The van der Waals surface area contributed by atoms with Crippen LogP contribution < -0.4 is 11.2 Å². The third-order valence-corrected chi connectivity index (χ3v) is 2.14. The first kappa shape index (κ1) is 11.7. The predicted molar refractivity (Wildman–Crippen MR) is 66.6 cm³/mol. The lowest BCUT2D eigenvalue weighted by molar-refractivity contribution is 1.06. The Morgan fingerprint density at radius 1 is 1.20 bits per heavy atom. The van der Waals surface area contributed by atoms with E-state index in [9.17, 15) is 0 Å². The number of benzene rings is 1. The maximum atomic E-state index is 5.68. The molecule has 0 atom stereocenters. The summed E-state index contributed by atoms with van der Waals surface area (Å²) in [4.78, 5) is 4.47. The van der Waals surface area contributed by atoms with Crippen molar-refractivity contribution in [2.24, 2.45) is 5.73 Å². The van der Waals surface area contributed by atoms with Crippen molar-refractivity contribution in [3.05, 3.63) is 36.0 Å². The first-order chi connectivity index (χ1) is 7.29. The van der Waals surface area contributed by atoms with Gasteiger partial charge in [-0.15, -0.1) is 0 Å². The molecule has 0 aliphatic heterocycles. The lowest BCUT2D eigenvalue weighted by Gasteiger charge is -2.01. The summed E-state index contributed by atoms with van der Waals surface area (Å²) in [6, 6.07) is 9.94. The molecule has 3 heteroatoms. The summed E-state index contributed by atoms with van der Waals surface area (Å²) in [6.07, 6.45) is 0.963. The number of aryl methyl sites for hydroxylation is 1. The molecule has 0 saturated heterocycles. The number of hydrogen-bond donors (Lipinski definition) is 1. The van der Waals surface area contributed by atoms with Crippen molar-refractivity contribution in [2.45, 2.75) is 13.3 Å². The standard InChI is InChI=1S/C11H10BN.CH5N/c1-2-10-6-4-8-3-5-9(12)7-11(8)13-10;1-2/h3-7H,2H2,1H3;2H2,1H3. The molecule has 0 unspecified atom stereocenters. The van der Waals surface area contributed by atoms with Crippen LogP contribution in [0.15, 0.2) is 30.3 Å². The predicted octanol–water partition coefficient (Wildman–Crippen LogP) is 1.17. The fourth-order valence-corrected chi connectivity index (χ4v) is 1.37. The molecule has 2 aromatic rings. The molecule has 2 rings (SSSR count). The molecule has 1 aromatic heterocycles. The van der Waals surface area contributed by atoms with Crippen molar-refractivity contribution in [3.63, 3.8) is 0 Å². The van der Waals surface area contributed by atoms with Gasteiger partial charge in [0.1, 0.15) is 7.85 Å². The Hall–Kier alpha value is -1.35. The van der Waals surface area contributed by atoms with E-state index in [0.29, 0.717) is 0 Å². The van der Waals surface area contributed by atoms with Crippen LogP contribution in [0.2, 0.25) is 0 Å². The van der Waals surface area contributed by atoms with Gasteiger partial charge in [-0.1, -0.05) is 30.6 Å². The van der Waals surface area contributed by atoms with Crippen molar-refractivity contribution in [1.82, 2.24) is 4.98 Å². The van der Waals surface area contributed by atoms with E-state index >= 15 is 0 Å². The summed E-state index contributed by atoms with van der Waals surface area (Å²) in [5.41, 5.74) is 7.37. The number of rotatable bonds is 1. The monoisotopic (exact) mass is 198 g/mol. The molecular formula is C12H15BN2. The zero-order chi connectivity index (χ0) is 11.3. The average molecular weight is 198 g/mol. The lowest BCUT2D eigenvalue weighted by Crippen LogP contribution is -2.01. The van der Waals surface area contributed by atoms with Crippen LogP contribution in [-0.4, -0.2) is 19.9 Å². The third-order valence-electron chi connectivity index (χ3n) is 2.14. The molecule has 0 amide bonds. The second-order valence-corrected chi connectivity index (χ2v) is 3.11. The van der Waals surface area contributed by atoms with Crippen molar-refractivity contribution in [3.8, 4) is 0 Å². The minimum atomic E-state index is 0.772. The molecule has 2 N–H and O–H groups in total. The minimum absolute atomic E-state index is 0.772. The Morgan fingerprint density at radius 3 is 2.53 bits per heavy atom. The SMILES string of the molecule is CN.[B]c1ccc2ccc(CC)nc2c1. The van der Waals surface area contributed by atoms with E-state index in [0.717, 1.165) is 28.5 Å². The van der Waals surface area contributed by atoms with Crippen molar-refractivity contribution < 1.29 is 0 Å². The fraction of sp³-hybridized carbons (Fsp3) is 0.250. The number of aromatic nitrogens is 1. The van der Waals surface area contributed by atoms with E-state index in [1.165, 1.54) is 7.05 Å². The number of fused-ring (bicyclic) bond motifs is 1. The highest BCUT2D eigenvalue weighted by Gasteiger charge is 1.96. The van der Waals surface area contributed by atoms with E-state index in [4.69, 9.17) is 7.85 Å². The smallest absolute Gasteiger partial charge is 0.113 e. The van der Waals surface area contributed by atoms with Gasteiger partial charge >= 0.3 is 0 Å². The maximum Gasteiger partial charge on any atom is 0.113 e. The third kappa shape index (κ3) is 2.80. The molecule has 2 radical (unpaired) electrons. The first-order valence-electron chi connectivity index (χ1n) is 5.02. The number of nitrogens with two attached hydrogens (primary N) is 1. The summed E-state index contributed by atoms with van der Waals surface area (Å²) in [5.74, 6) is 0. The van der Waals surface area contributed by atoms with Gasteiger partial charge < -0.3 is 5.73 Å². The second-order valence-electron chi connectivity index (χ2n) is 3.11. The highest BCUT2D eigenvalue weighted by atomic mass is 14.7. The second kappa shape index (κ2) is 5.52. The largest absolute Gasteiger partial charge is 0.333 e. The molecule has 2 nitrogen and oxygen atoms in total. The van der Waals surface area contributed by atoms with Gasteiger partial charge in [0.25, 0.3) is 0 Å². The summed E-state index contributed by atoms with van der Waals surface area (Å²) in [6.45, 7) is 2.10. The molecule has 0 bridgehead atoms. The van der Waals surface area contributed by atoms with E-state index in [-0.39, 0.29) is 0 Å². The molecule has 0 aliphatic rings. The van der Waals surface area contributed by atoms with Gasteiger partial charge in [0, 0.05) is 11.1 Å². The molecular weight excluding hydrogens is 183 g/mol. The van der Waals surface area contributed by atoms with Crippen molar-refractivity contribution in [2.75, 3.05) is 7.05 Å². The number of pyridine rings is 1. The van der Waals surface area contributed by atoms with Gasteiger partial charge in [-0.05, 0) is 25.6 Å². The normalized spacial score (nSPS) is 9.53. The molecule has 0 spiro atoms. The Kier molecular flexibility index (Phi) is 4.31. The van der Waals surface area contributed by atoms with Crippen LogP contribution in [0.5, 0.6) is 0 Å². The molecule has 0 aliphatic carbocycles. The molecule has 1 aromatic carbocycles. The van der Waals surface area contributed by atoms with E-state index < -0.39 is 0 Å². The molecule has 76 valence electrons. The lowest BCUT2D eigenvalue weighted by atomic mass is 9.95. The van der Waals surface area contributed by atoms with Gasteiger partial charge in [-0.25, -0.2) is 0 Å². The Bertz CT molecular complexity index is 441. The van der Waals surface area contributed by atoms with Crippen LogP contribution in [0.3, 0.4) is 0 Å². The van der Waals surface area contributed by atoms with Crippen LogP contribution in [0, 0.1) is 0 Å². The number of hydrogen-bond acceptors (Lipinski definition) is 2. The average Bonchev–Trinajstić information content (AvgIpc) is 2.30. The van der Waals surface area contributed by atoms with Gasteiger partial charge in [0.05, 0.1) is 5.52 Å². The van der Waals surface area contributed by atoms with Crippen LogP contribution in [0.25, 0.3) is 10.9 Å².